The SMILES string of the molecule is c1coc(CCNC(=NCc2cccc3c2OCCCO3)NCc2cccs2)c1. The molecule has 0 amide bonds. The molecule has 0 fully saturated rings. The Morgan fingerprint density at radius 2 is 2.00 bits per heavy atom. The van der Waals surface area contributed by atoms with Crippen molar-refractivity contribution in [3.05, 3.63) is 70.3 Å². The summed E-state index contributed by atoms with van der Waals surface area (Å²) in [5, 5.41) is 8.88. The maximum absolute atomic E-state index is 5.92. The van der Waals surface area contributed by atoms with E-state index in [1.54, 1.807) is 17.6 Å². The van der Waals surface area contributed by atoms with Gasteiger partial charge in [0.15, 0.2) is 17.5 Å². The minimum Gasteiger partial charge on any atom is -0.490 e. The minimum absolute atomic E-state index is 0.507. The lowest BCUT2D eigenvalue weighted by atomic mass is 10.2. The van der Waals surface area contributed by atoms with E-state index in [9.17, 15) is 0 Å². The largest absolute Gasteiger partial charge is 0.490 e. The summed E-state index contributed by atoms with van der Waals surface area (Å²) in [6, 6.07) is 14.0. The first-order valence-corrected chi connectivity index (χ1v) is 10.7. The van der Waals surface area contributed by atoms with Crippen molar-refractivity contribution < 1.29 is 13.9 Å². The molecule has 0 radical (unpaired) electrons. The molecule has 0 spiro atoms. The number of furan rings is 1. The number of rotatable bonds is 7. The highest BCUT2D eigenvalue weighted by Gasteiger charge is 2.14. The molecule has 2 N–H and O–H groups in total. The minimum atomic E-state index is 0.507. The number of aliphatic imine (C=N–C) groups is 1. The Balaban J connectivity index is 1.43. The Kier molecular flexibility index (Phi) is 6.70. The second-order valence-corrected chi connectivity index (χ2v) is 7.68. The third kappa shape index (κ3) is 5.54. The van der Waals surface area contributed by atoms with Crippen LogP contribution < -0.4 is 20.1 Å². The molecule has 6 nitrogen and oxygen atoms in total. The van der Waals surface area contributed by atoms with Crippen molar-refractivity contribution in [1.29, 1.82) is 0 Å². The molecular weight excluding hydrogens is 386 g/mol. The lowest BCUT2D eigenvalue weighted by Crippen LogP contribution is -2.38. The first-order chi connectivity index (χ1) is 14.4. The van der Waals surface area contributed by atoms with Crippen LogP contribution in [0, 0.1) is 0 Å². The summed E-state index contributed by atoms with van der Waals surface area (Å²) in [6.07, 6.45) is 3.38. The molecular formula is C22H25N3O3S. The molecule has 152 valence electrons. The first-order valence-electron chi connectivity index (χ1n) is 9.83. The second kappa shape index (κ2) is 10.0. The van der Waals surface area contributed by atoms with Crippen LogP contribution in [0.2, 0.25) is 0 Å². The van der Waals surface area contributed by atoms with Crippen LogP contribution in [0.25, 0.3) is 0 Å². The monoisotopic (exact) mass is 411 g/mol. The average Bonchev–Trinajstić information content (AvgIpc) is 3.40. The molecule has 0 saturated heterocycles. The van der Waals surface area contributed by atoms with Gasteiger partial charge in [0.2, 0.25) is 0 Å². The van der Waals surface area contributed by atoms with E-state index in [0.29, 0.717) is 19.8 Å². The van der Waals surface area contributed by atoms with Gasteiger partial charge in [0.1, 0.15) is 5.76 Å². The van der Waals surface area contributed by atoms with Gasteiger partial charge in [0, 0.05) is 29.8 Å². The number of fused-ring (bicyclic) bond motifs is 1. The van der Waals surface area contributed by atoms with Gasteiger partial charge >= 0.3 is 0 Å². The van der Waals surface area contributed by atoms with Crippen molar-refractivity contribution in [3.63, 3.8) is 0 Å². The number of hydrogen-bond acceptors (Lipinski definition) is 5. The first kappa shape index (κ1) is 19.4. The summed E-state index contributed by atoms with van der Waals surface area (Å²) in [5.74, 6) is 3.32. The molecule has 4 rings (SSSR count). The molecule has 3 aromatic rings. The highest BCUT2D eigenvalue weighted by atomic mass is 32.1. The third-order valence-corrected chi connectivity index (χ3v) is 5.39. The van der Waals surface area contributed by atoms with Crippen LogP contribution in [-0.2, 0) is 19.5 Å². The fraction of sp³-hybridized carbons (Fsp3) is 0.318. The Morgan fingerprint density at radius 3 is 2.86 bits per heavy atom. The van der Waals surface area contributed by atoms with E-state index in [-0.39, 0.29) is 0 Å². The van der Waals surface area contributed by atoms with E-state index in [4.69, 9.17) is 18.9 Å². The standard InChI is InChI=1S/C22H25N3O3S/c1-5-17(21-20(8-1)27-12-4-13-28-21)15-24-22(25-16-19-7-3-14-29-19)23-10-9-18-6-2-11-26-18/h1-3,5-8,11,14H,4,9-10,12-13,15-16H2,(H2,23,24,25). The van der Waals surface area contributed by atoms with Gasteiger partial charge < -0.3 is 24.5 Å². The molecule has 0 saturated carbocycles. The predicted molar refractivity (Wildman–Crippen MR) is 115 cm³/mol. The van der Waals surface area contributed by atoms with Crippen molar-refractivity contribution in [2.24, 2.45) is 4.99 Å². The van der Waals surface area contributed by atoms with Crippen LogP contribution in [0.3, 0.4) is 0 Å². The van der Waals surface area contributed by atoms with Gasteiger partial charge in [-0.05, 0) is 29.6 Å². The van der Waals surface area contributed by atoms with Crippen LogP contribution in [0.5, 0.6) is 11.5 Å². The van der Waals surface area contributed by atoms with Gasteiger partial charge in [0.05, 0.1) is 32.6 Å². The summed E-state index contributed by atoms with van der Waals surface area (Å²) in [6.45, 7) is 3.32. The summed E-state index contributed by atoms with van der Waals surface area (Å²) in [5.41, 5.74) is 1.02. The zero-order valence-electron chi connectivity index (χ0n) is 16.2. The van der Waals surface area contributed by atoms with Crippen LogP contribution in [0.4, 0.5) is 0 Å². The van der Waals surface area contributed by atoms with Gasteiger partial charge in [-0.3, -0.25) is 0 Å². The average molecular weight is 412 g/mol. The highest BCUT2D eigenvalue weighted by Crippen LogP contribution is 2.33. The Hall–Kier alpha value is -2.93. The highest BCUT2D eigenvalue weighted by molar-refractivity contribution is 7.09. The molecule has 0 bridgehead atoms. The fourth-order valence-corrected chi connectivity index (χ4v) is 3.70. The Morgan fingerprint density at radius 1 is 1.03 bits per heavy atom. The molecule has 1 aliphatic heterocycles. The van der Waals surface area contributed by atoms with Crippen LogP contribution in [0.1, 0.15) is 22.6 Å². The summed E-state index contributed by atoms with van der Waals surface area (Å²) >= 11 is 1.73. The zero-order valence-corrected chi connectivity index (χ0v) is 17.0. The molecule has 0 atom stereocenters. The predicted octanol–water partition coefficient (Wildman–Crippen LogP) is 3.98. The number of para-hydroxylation sites is 1. The van der Waals surface area contributed by atoms with E-state index in [1.807, 2.05) is 30.3 Å². The number of nitrogens with one attached hydrogen (secondary N) is 2. The maximum Gasteiger partial charge on any atom is 0.191 e. The quantitative estimate of drug-likeness (QED) is 0.455. The molecule has 29 heavy (non-hydrogen) atoms. The van der Waals surface area contributed by atoms with Gasteiger partial charge in [-0.15, -0.1) is 11.3 Å². The molecule has 0 aliphatic carbocycles. The fourth-order valence-electron chi connectivity index (χ4n) is 3.06. The van der Waals surface area contributed by atoms with E-state index in [1.165, 1.54) is 4.88 Å². The summed E-state index contributed by atoms with van der Waals surface area (Å²) < 4.78 is 17.1. The molecule has 3 heterocycles. The van der Waals surface area contributed by atoms with E-state index in [2.05, 4.69) is 28.1 Å². The smallest absolute Gasteiger partial charge is 0.191 e. The maximum atomic E-state index is 5.92. The molecule has 0 unspecified atom stereocenters. The van der Waals surface area contributed by atoms with Gasteiger partial charge in [0.25, 0.3) is 0 Å². The van der Waals surface area contributed by atoms with Crippen LogP contribution in [-0.4, -0.2) is 25.7 Å². The summed E-state index contributed by atoms with van der Waals surface area (Å²) in [4.78, 5) is 6.04. The number of guanidine groups is 1. The second-order valence-electron chi connectivity index (χ2n) is 6.65. The van der Waals surface area contributed by atoms with Crippen molar-refractivity contribution in [1.82, 2.24) is 10.6 Å². The lowest BCUT2D eigenvalue weighted by molar-refractivity contribution is 0.296. The van der Waals surface area contributed by atoms with E-state index < -0.39 is 0 Å². The van der Waals surface area contributed by atoms with Gasteiger partial charge in [-0.1, -0.05) is 18.2 Å². The van der Waals surface area contributed by atoms with Crippen LogP contribution >= 0.6 is 11.3 Å². The van der Waals surface area contributed by atoms with Crippen LogP contribution in [0.15, 0.2) is 63.5 Å². The van der Waals surface area contributed by atoms with Crippen molar-refractivity contribution in [2.75, 3.05) is 19.8 Å². The number of benzene rings is 1. The third-order valence-electron chi connectivity index (χ3n) is 4.51. The van der Waals surface area contributed by atoms with Gasteiger partial charge in [-0.2, -0.15) is 0 Å². The number of ether oxygens (including phenoxy) is 2. The van der Waals surface area contributed by atoms with E-state index >= 15 is 0 Å². The Labute approximate surface area is 174 Å². The topological polar surface area (TPSA) is 68.0 Å². The number of thiophene rings is 1. The molecule has 7 heteroatoms. The molecule has 1 aromatic carbocycles. The van der Waals surface area contributed by atoms with E-state index in [0.717, 1.165) is 54.7 Å². The van der Waals surface area contributed by atoms with Crippen molar-refractivity contribution in [2.45, 2.75) is 25.9 Å². The normalized spacial score (nSPS) is 13.7. The molecule has 2 aromatic heterocycles. The lowest BCUT2D eigenvalue weighted by Gasteiger charge is -2.14. The zero-order chi connectivity index (χ0) is 19.7. The number of nitrogens with zero attached hydrogens (tertiary/aromatic N) is 1. The molecule has 1 aliphatic rings. The van der Waals surface area contributed by atoms with Gasteiger partial charge in [-0.25, -0.2) is 4.99 Å². The van der Waals surface area contributed by atoms with Crippen molar-refractivity contribution >= 4 is 17.3 Å². The number of hydrogen-bond donors (Lipinski definition) is 2. The Bertz CT molecular complexity index is 908. The van der Waals surface area contributed by atoms with Crippen molar-refractivity contribution in [3.8, 4) is 11.5 Å². The summed E-state index contributed by atoms with van der Waals surface area (Å²) in [7, 11) is 0.